The Morgan fingerprint density at radius 3 is 2.70 bits per heavy atom. The molecule has 0 atom stereocenters. The maximum absolute atomic E-state index is 4.01. The van der Waals surface area contributed by atoms with Gasteiger partial charge in [0.2, 0.25) is 0 Å². The fourth-order valence-electron chi connectivity index (χ4n) is 0.571. The van der Waals surface area contributed by atoms with Crippen molar-refractivity contribution in [3.63, 3.8) is 0 Å². The normalized spacial score (nSPS) is 12.1. The van der Waals surface area contributed by atoms with Crippen molar-refractivity contribution in [3.05, 3.63) is 11.9 Å². The number of nitrogens with zero attached hydrogens (tertiary/aromatic N) is 4. The number of rotatable bonds is 1. The van der Waals surface area contributed by atoms with Gasteiger partial charge in [0, 0.05) is 0 Å². The molecule has 0 unspecified atom stereocenters. The van der Waals surface area contributed by atoms with E-state index in [0.29, 0.717) is 5.82 Å². The van der Waals surface area contributed by atoms with Crippen LogP contribution in [0.2, 0.25) is 0 Å². The van der Waals surface area contributed by atoms with Crippen LogP contribution in [0.25, 0.3) is 5.57 Å². The molecule has 0 saturated heterocycles. The topological polar surface area (TPSA) is 43.6 Å². The number of allylic oxidation sites excluding steroid dienone is 2. The minimum Gasteiger partial charge on any atom is -0.167 e. The number of hydrogen-bond acceptors (Lipinski definition) is 3. The molecule has 0 aliphatic carbocycles. The first-order chi connectivity index (χ1) is 4.74. The molecular formula is C6H10N4. The lowest BCUT2D eigenvalue weighted by molar-refractivity contribution is 0.629. The molecule has 1 aromatic rings. The summed E-state index contributed by atoms with van der Waals surface area (Å²) in [5.41, 5.74) is 1.05. The maximum Gasteiger partial charge on any atom is 0.200 e. The highest BCUT2D eigenvalue weighted by Gasteiger charge is 1.99. The molecule has 0 spiro atoms. The first-order valence-corrected chi connectivity index (χ1v) is 3.11. The van der Waals surface area contributed by atoms with Crippen LogP contribution in [0.15, 0.2) is 6.08 Å². The number of aryl methyl sites for hydroxylation is 1. The van der Waals surface area contributed by atoms with E-state index < -0.39 is 0 Å². The van der Waals surface area contributed by atoms with E-state index in [-0.39, 0.29) is 0 Å². The fourth-order valence-corrected chi connectivity index (χ4v) is 0.571. The minimum atomic E-state index is 0.699. The Kier molecular flexibility index (Phi) is 1.80. The zero-order chi connectivity index (χ0) is 7.56. The zero-order valence-corrected chi connectivity index (χ0v) is 6.37. The van der Waals surface area contributed by atoms with Gasteiger partial charge in [-0.25, -0.2) is 0 Å². The van der Waals surface area contributed by atoms with Crippen LogP contribution in [0.1, 0.15) is 19.7 Å². The van der Waals surface area contributed by atoms with Gasteiger partial charge in [-0.1, -0.05) is 6.08 Å². The van der Waals surface area contributed by atoms with Gasteiger partial charge in [-0.2, -0.15) is 4.80 Å². The van der Waals surface area contributed by atoms with Gasteiger partial charge in [0.25, 0.3) is 0 Å². The molecule has 0 amide bonds. The highest BCUT2D eigenvalue weighted by Crippen LogP contribution is 2.03. The van der Waals surface area contributed by atoms with Crippen LogP contribution in [0.3, 0.4) is 0 Å². The van der Waals surface area contributed by atoms with Crippen LogP contribution in [0.4, 0.5) is 0 Å². The van der Waals surface area contributed by atoms with Crippen LogP contribution in [-0.2, 0) is 7.05 Å². The van der Waals surface area contributed by atoms with E-state index >= 15 is 0 Å². The average Bonchev–Trinajstić information content (AvgIpc) is 2.34. The van der Waals surface area contributed by atoms with Gasteiger partial charge in [0.05, 0.1) is 7.05 Å². The van der Waals surface area contributed by atoms with Crippen molar-refractivity contribution in [2.45, 2.75) is 13.8 Å². The van der Waals surface area contributed by atoms with Gasteiger partial charge in [-0.05, 0) is 24.6 Å². The Bertz CT molecular complexity index is 248. The van der Waals surface area contributed by atoms with Gasteiger partial charge >= 0.3 is 0 Å². The van der Waals surface area contributed by atoms with Gasteiger partial charge in [0.15, 0.2) is 5.82 Å². The van der Waals surface area contributed by atoms with E-state index in [1.165, 1.54) is 4.80 Å². The average molecular weight is 138 g/mol. The number of aromatic nitrogens is 4. The Morgan fingerprint density at radius 2 is 2.30 bits per heavy atom. The van der Waals surface area contributed by atoms with Crippen molar-refractivity contribution in [2.24, 2.45) is 7.05 Å². The summed E-state index contributed by atoms with van der Waals surface area (Å²) in [6.45, 7) is 3.91. The highest BCUT2D eigenvalue weighted by atomic mass is 15.6. The largest absolute Gasteiger partial charge is 0.200 e. The Morgan fingerprint density at radius 1 is 1.60 bits per heavy atom. The van der Waals surface area contributed by atoms with Crippen LogP contribution in [0.5, 0.6) is 0 Å². The van der Waals surface area contributed by atoms with Crippen LogP contribution < -0.4 is 0 Å². The molecule has 0 saturated carbocycles. The highest BCUT2D eigenvalue weighted by molar-refractivity contribution is 5.55. The lowest BCUT2D eigenvalue weighted by Gasteiger charge is -1.86. The molecule has 0 aliphatic rings. The first-order valence-electron chi connectivity index (χ1n) is 3.11. The molecule has 0 N–H and O–H groups in total. The van der Waals surface area contributed by atoms with Gasteiger partial charge in [0.1, 0.15) is 0 Å². The fraction of sp³-hybridized carbons (Fsp3) is 0.500. The van der Waals surface area contributed by atoms with Crippen LogP contribution in [-0.4, -0.2) is 20.2 Å². The third kappa shape index (κ3) is 1.21. The smallest absolute Gasteiger partial charge is 0.167 e. The lowest BCUT2D eigenvalue weighted by Crippen LogP contribution is -1.92. The van der Waals surface area contributed by atoms with E-state index in [1.807, 2.05) is 19.9 Å². The number of tetrazole rings is 1. The van der Waals surface area contributed by atoms with Crippen LogP contribution in [0, 0.1) is 0 Å². The third-order valence-corrected chi connectivity index (χ3v) is 1.29. The summed E-state index contributed by atoms with van der Waals surface area (Å²) in [5.74, 6) is 0.699. The van der Waals surface area contributed by atoms with E-state index in [9.17, 15) is 0 Å². The minimum absolute atomic E-state index is 0.699. The van der Waals surface area contributed by atoms with Gasteiger partial charge in [-0.15, -0.1) is 10.2 Å². The lowest BCUT2D eigenvalue weighted by atomic mass is 10.3. The maximum atomic E-state index is 4.01. The summed E-state index contributed by atoms with van der Waals surface area (Å²) in [6.07, 6.45) is 1.96. The van der Waals surface area contributed by atoms with Crippen LogP contribution >= 0.6 is 0 Å². The molecule has 0 aliphatic heterocycles. The second-order valence-corrected chi connectivity index (χ2v) is 2.07. The van der Waals surface area contributed by atoms with Crippen molar-refractivity contribution in [1.82, 2.24) is 20.2 Å². The Hall–Kier alpha value is -1.19. The van der Waals surface area contributed by atoms with Crippen molar-refractivity contribution in [2.75, 3.05) is 0 Å². The molecule has 4 nitrogen and oxygen atoms in total. The zero-order valence-electron chi connectivity index (χ0n) is 6.37. The quantitative estimate of drug-likeness (QED) is 0.571. The molecule has 0 aromatic carbocycles. The van der Waals surface area contributed by atoms with Gasteiger partial charge in [-0.3, -0.25) is 0 Å². The molecule has 1 rings (SSSR count). The standard InChI is InChI=1S/C6H10N4/c1-4-5(2)6-7-9-10(3)8-6/h4H,1-3H3. The molecule has 0 bridgehead atoms. The molecule has 1 aromatic heterocycles. The number of hydrogen-bond donors (Lipinski definition) is 0. The van der Waals surface area contributed by atoms with E-state index in [1.54, 1.807) is 7.05 Å². The van der Waals surface area contributed by atoms with Crippen molar-refractivity contribution in [3.8, 4) is 0 Å². The van der Waals surface area contributed by atoms with Crippen molar-refractivity contribution < 1.29 is 0 Å². The molecule has 0 fully saturated rings. The molecule has 54 valence electrons. The molecule has 1 heterocycles. The van der Waals surface area contributed by atoms with E-state index in [0.717, 1.165) is 5.57 Å². The summed E-state index contributed by atoms with van der Waals surface area (Å²) >= 11 is 0. The predicted molar refractivity (Wildman–Crippen MR) is 38.1 cm³/mol. The summed E-state index contributed by atoms with van der Waals surface area (Å²) in [6, 6.07) is 0. The van der Waals surface area contributed by atoms with Gasteiger partial charge < -0.3 is 0 Å². The second-order valence-electron chi connectivity index (χ2n) is 2.07. The molecule has 0 radical (unpaired) electrons. The first kappa shape index (κ1) is 6.92. The third-order valence-electron chi connectivity index (χ3n) is 1.29. The van der Waals surface area contributed by atoms with Crippen molar-refractivity contribution in [1.29, 1.82) is 0 Å². The van der Waals surface area contributed by atoms with E-state index in [2.05, 4.69) is 15.4 Å². The SMILES string of the molecule is CC=C(C)c1nnn(C)n1. The Balaban J connectivity index is 2.95. The predicted octanol–water partition coefficient (Wildman–Crippen LogP) is 0.633. The summed E-state index contributed by atoms with van der Waals surface area (Å²) in [5, 5.41) is 11.5. The summed E-state index contributed by atoms with van der Waals surface area (Å²) in [7, 11) is 1.75. The summed E-state index contributed by atoms with van der Waals surface area (Å²) < 4.78 is 0. The molecule has 4 heteroatoms. The Labute approximate surface area is 59.5 Å². The second kappa shape index (κ2) is 2.60. The monoisotopic (exact) mass is 138 g/mol. The summed E-state index contributed by atoms with van der Waals surface area (Å²) in [4.78, 5) is 1.45. The molecular weight excluding hydrogens is 128 g/mol. The van der Waals surface area contributed by atoms with E-state index in [4.69, 9.17) is 0 Å². The molecule has 10 heavy (non-hydrogen) atoms. The van der Waals surface area contributed by atoms with Crippen molar-refractivity contribution >= 4 is 5.57 Å².